The molecule has 3 rings (SSSR count). The molecule has 0 saturated carbocycles. The Kier molecular flexibility index (Phi) is 5.73. The molecule has 1 aromatic rings. The van der Waals surface area contributed by atoms with Crippen LogP contribution in [-0.4, -0.2) is 62.9 Å². The standard InChI is InChI=1S/C17H25N3O4S/c18-17(21)11-14-5-6-19(12-14)13-15-3-1-2-4-16(15)25(22,23)20-7-9-24-10-8-20/h1-4,14H,5-13H2,(H2,18,21). The van der Waals surface area contributed by atoms with Crippen LogP contribution in [0.5, 0.6) is 0 Å². The number of benzene rings is 1. The Balaban J connectivity index is 1.74. The number of ether oxygens (including phenoxy) is 1. The van der Waals surface area contributed by atoms with Crippen LogP contribution in [0.4, 0.5) is 0 Å². The third-order valence-corrected chi connectivity index (χ3v) is 6.81. The second kappa shape index (κ2) is 7.82. The van der Waals surface area contributed by atoms with Crippen LogP contribution in [0, 0.1) is 5.92 Å². The molecule has 0 spiro atoms. The van der Waals surface area contributed by atoms with Crippen molar-refractivity contribution in [3.63, 3.8) is 0 Å². The van der Waals surface area contributed by atoms with Gasteiger partial charge in [-0.3, -0.25) is 9.69 Å². The van der Waals surface area contributed by atoms with Crippen molar-refractivity contribution >= 4 is 15.9 Å². The van der Waals surface area contributed by atoms with Crippen LogP contribution in [0.1, 0.15) is 18.4 Å². The number of rotatable bonds is 6. The number of likely N-dealkylation sites (tertiary alicyclic amines) is 1. The number of hydrogen-bond donors (Lipinski definition) is 1. The first-order chi connectivity index (χ1) is 12.0. The van der Waals surface area contributed by atoms with Gasteiger partial charge >= 0.3 is 0 Å². The lowest BCUT2D eigenvalue weighted by Crippen LogP contribution is -2.41. The van der Waals surface area contributed by atoms with Crippen LogP contribution >= 0.6 is 0 Å². The molecule has 0 radical (unpaired) electrons. The molecule has 0 bridgehead atoms. The van der Waals surface area contributed by atoms with E-state index in [9.17, 15) is 13.2 Å². The lowest BCUT2D eigenvalue weighted by molar-refractivity contribution is -0.118. The number of carbonyl (C=O) groups excluding carboxylic acids is 1. The van der Waals surface area contributed by atoms with Gasteiger partial charge in [0, 0.05) is 32.6 Å². The third kappa shape index (κ3) is 4.38. The van der Waals surface area contributed by atoms with Gasteiger partial charge in [-0.25, -0.2) is 8.42 Å². The highest BCUT2D eigenvalue weighted by Crippen LogP contribution is 2.26. The summed E-state index contributed by atoms with van der Waals surface area (Å²) >= 11 is 0. The van der Waals surface area contributed by atoms with Crippen molar-refractivity contribution in [1.82, 2.24) is 9.21 Å². The Morgan fingerprint density at radius 1 is 1.20 bits per heavy atom. The molecule has 2 saturated heterocycles. The van der Waals surface area contributed by atoms with Gasteiger partial charge in [0.05, 0.1) is 18.1 Å². The third-order valence-electron chi connectivity index (χ3n) is 4.81. The molecule has 1 atom stereocenters. The number of carbonyl (C=O) groups is 1. The zero-order valence-corrected chi connectivity index (χ0v) is 15.1. The molecular formula is C17H25N3O4S. The average molecular weight is 367 g/mol. The average Bonchev–Trinajstić information content (AvgIpc) is 3.02. The van der Waals surface area contributed by atoms with Gasteiger partial charge in [-0.1, -0.05) is 18.2 Å². The van der Waals surface area contributed by atoms with Crippen molar-refractivity contribution in [1.29, 1.82) is 0 Å². The molecule has 8 heteroatoms. The first-order valence-corrected chi connectivity index (χ1v) is 10.1. The molecular weight excluding hydrogens is 342 g/mol. The van der Waals surface area contributed by atoms with E-state index < -0.39 is 10.0 Å². The summed E-state index contributed by atoms with van der Waals surface area (Å²) in [7, 11) is -3.51. The normalized spacial score (nSPS) is 23.0. The molecule has 1 unspecified atom stereocenters. The van der Waals surface area contributed by atoms with Crippen LogP contribution in [0.25, 0.3) is 0 Å². The van der Waals surface area contributed by atoms with Crippen molar-refractivity contribution in [2.45, 2.75) is 24.3 Å². The highest BCUT2D eigenvalue weighted by molar-refractivity contribution is 7.89. The maximum absolute atomic E-state index is 13.0. The first-order valence-electron chi connectivity index (χ1n) is 8.63. The molecule has 7 nitrogen and oxygen atoms in total. The number of primary amides is 1. The maximum Gasteiger partial charge on any atom is 0.243 e. The smallest absolute Gasteiger partial charge is 0.243 e. The summed E-state index contributed by atoms with van der Waals surface area (Å²) in [6, 6.07) is 7.17. The molecule has 25 heavy (non-hydrogen) atoms. The summed E-state index contributed by atoms with van der Waals surface area (Å²) in [5.41, 5.74) is 6.08. The van der Waals surface area contributed by atoms with E-state index in [1.165, 1.54) is 4.31 Å². The largest absolute Gasteiger partial charge is 0.379 e. The Labute approximate surface area is 148 Å². The van der Waals surface area contributed by atoms with Gasteiger partial charge in [0.1, 0.15) is 0 Å². The fourth-order valence-corrected chi connectivity index (χ4v) is 5.18. The minimum absolute atomic E-state index is 0.264. The van der Waals surface area contributed by atoms with Crippen LogP contribution in [0.3, 0.4) is 0 Å². The molecule has 2 aliphatic heterocycles. The molecule has 2 fully saturated rings. The summed E-state index contributed by atoms with van der Waals surface area (Å²) < 4.78 is 32.7. The Bertz CT molecular complexity index is 716. The predicted octanol–water partition coefficient (Wildman–Crippen LogP) is 0.405. The van der Waals surface area contributed by atoms with Gasteiger partial charge < -0.3 is 10.5 Å². The summed E-state index contributed by atoms with van der Waals surface area (Å²) in [5.74, 6) is -0.0114. The van der Waals surface area contributed by atoms with E-state index in [-0.39, 0.29) is 11.8 Å². The SMILES string of the molecule is NC(=O)CC1CCN(Cc2ccccc2S(=O)(=O)N2CCOCC2)C1. The fraction of sp³-hybridized carbons (Fsp3) is 0.588. The number of morpholine rings is 1. The molecule has 0 aromatic heterocycles. The maximum atomic E-state index is 13.0. The van der Waals surface area contributed by atoms with Gasteiger partial charge in [0.15, 0.2) is 0 Å². The topological polar surface area (TPSA) is 92.9 Å². The van der Waals surface area contributed by atoms with Crippen molar-refractivity contribution in [3.8, 4) is 0 Å². The lowest BCUT2D eigenvalue weighted by atomic mass is 10.1. The van der Waals surface area contributed by atoms with E-state index in [0.29, 0.717) is 44.2 Å². The second-order valence-electron chi connectivity index (χ2n) is 6.68. The van der Waals surface area contributed by atoms with E-state index >= 15 is 0 Å². The number of nitrogens with zero attached hydrogens (tertiary/aromatic N) is 2. The molecule has 1 aromatic carbocycles. The van der Waals surface area contributed by atoms with E-state index in [2.05, 4.69) is 4.90 Å². The summed E-state index contributed by atoms with van der Waals surface area (Å²) in [6.45, 7) is 3.83. The van der Waals surface area contributed by atoms with E-state index in [4.69, 9.17) is 10.5 Å². The summed E-state index contributed by atoms with van der Waals surface area (Å²) in [5, 5.41) is 0. The number of sulfonamides is 1. The predicted molar refractivity (Wildman–Crippen MR) is 93.2 cm³/mol. The first kappa shape index (κ1) is 18.3. The Morgan fingerprint density at radius 3 is 2.64 bits per heavy atom. The quantitative estimate of drug-likeness (QED) is 0.786. The van der Waals surface area contributed by atoms with E-state index in [0.717, 1.165) is 25.1 Å². The van der Waals surface area contributed by atoms with Crippen molar-refractivity contribution in [3.05, 3.63) is 29.8 Å². The van der Waals surface area contributed by atoms with Gasteiger partial charge in [-0.2, -0.15) is 4.31 Å². The van der Waals surface area contributed by atoms with Gasteiger partial charge in [0.25, 0.3) is 0 Å². The van der Waals surface area contributed by atoms with Crippen LogP contribution in [0.2, 0.25) is 0 Å². The number of nitrogens with two attached hydrogens (primary N) is 1. The summed E-state index contributed by atoms with van der Waals surface area (Å²) in [4.78, 5) is 13.7. The van der Waals surface area contributed by atoms with Crippen LogP contribution in [0.15, 0.2) is 29.2 Å². The summed E-state index contributed by atoms with van der Waals surface area (Å²) in [6.07, 6.45) is 1.31. The molecule has 2 heterocycles. The van der Waals surface area contributed by atoms with E-state index in [1.54, 1.807) is 12.1 Å². The van der Waals surface area contributed by atoms with Crippen molar-refractivity contribution in [2.75, 3.05) is 39.4 Å². The number of hydrogen-bond acceptors (Lipinski definition) is 5. The minimum Gasteiger partial charge on any atom is -0.379 e. The molecule has 2 N–H and O–H groups in total. The lowest BCUT2D eigenvalue weighted by Gasteiger charge is -2.27. The molecule has 1 amide bonds. The van der Waals surface area contributed by atoms with E-state index in [1.807, 2.05) is 12.1 Å². The van der Waals surface area contributed by atoms with Gasteiger partial charge in [-0.05, 0) is 30.5 Å². The van der Waals surface area contributed by atoms with Crippen molar-refractivity contribution in [2.24, 2.45) is 11.7 Å². The molecule has 0 aliphatic carbocycles. The van der Waals surface area contributed by atoms with Crippen molar-refractivity contribution < 1.29 is 17.9 Å². The fourth-order valence-electron chi connectivity index (χ4n) is 3.56. The highest BCUT2D eigenvalue weighted by atomic mass is 32.2. The minimum atomic E-state index is -3.51. The number of amides is 1. The van der Waals surface area contributed by atoms with Crippen LogP contribution in [-0.2, 0) is 26.1 Å². The Hall–Kier alpha value is -1.48. The Morgan fingerprint density at radius 2 is 1.92 bits per heavy atom. The van der Waals surface area contributed by atoms with Crippen LogP contribution < -0.4 is 5.73 Å². The monoisotopic (exact) mass is 367 g/mol. The highest BCUT2D eigenvalue weighted by Gasteiger charge is 2.30. The molecule has 138 valence electrons. The van der Waals surface area contributed by atoms with Gasteiger partial charge in [0.2, 0.25) is 15.9 Å². The molecule has 2 aliphatic rings. The van der Waals surface area contributed by atoms with Gasteiger partial charge in [-0.15, -0.1) is 0 Å². The second-order valence-corrected chi connectivity index (χ2v) is 8.59. The zero-order valence-electron chi connectivity index (χ0n) is 14.3. The zero-order chi connectivity index (χ0) is 17.9.